The van der Waals surface area contributed by atoms with Crippen LogP contribution in [0.5, 0.6) is 0 Å². The second-order valence-corrected chi connectivity index (χ2v) is 3.02. The van der Waals surface area contributed by atoms with Crippen molar-refractivity contribution in [2.45, 2.75) is 45.3 Å². The number of rotatable bonds is 3. The largest absolute Gasteiger partial charge is 0.375 e. The fourth-order valence-electron chi connectivity index (χ4n) is 1.06. The van der Waals surface area contributed by atoms with Gasteiger partial charge in [-0.15, -0.1) is 0 Å². The number of halogens is 1. The summed E-state index contributed by atoms with van der Waals surface area (Å²) in [7, 11) is 0. The summed E-state index contributed by atoms with van der Waals surface area (Å²) in [6.07, 6.45) is 1.29. The van der Waals surface area contributed by atoms with Crippen LogP contribution in [0.3, 0.4) is 0 Å². The first-order valence-electron chi connectivity index (χ1n) is 4.68. The summed E-state index contributed by atoms with van der Waals surface area (Å²) in [6.45, 7) is 6.44. The van der Waals surface area contributed by atoms with Gasteiger partial charge in [-0.3, -0.25) is 0 Å². The van der Waals surface area contributed by atoms with Gasteiger partial charge < -0.3 is 10.5 Å². The Bertz CT molecular complexity index is 115. The third-order valence-corrected chi connectivity index (χ3v) is 1.87. The highest BCUT2D eigenvalue weighted by atomic mass is 19.1. The molecule has 1 heterocycles. The summed E-state index contributed by atoms with van der Waals surface area (Å²) in [6, 6.07) is -0.00565. The molecule has 1 saturated heterocycles. The molecule has 0 aromatic carbocycles. The van der Waals surface area contributed by atoms with Crippen LogP contribution in [0.1, 0.15) is 33.6 Å². The van der Waals surface area contributed by atoms with Gasteiger partial charge in [-0.05, 0) is 6.42 Å². The zero-order valence-corrected chi connectivity index (χ0v) is 8.27. The third-order valence-electron chi connectivity index (χ3n) is 1.87. The number of nitrogens with two attached hydrogens (primary N) is 1. The van der Waals surface area contributed by atoms with Crippen LogP contribution < -0.4 is 5.73 Å². The quantitative estimate of drug-likeness (QED) is 0.714. The van der Waals surface area contributed by atoms with Gasteiger partial charge in [0.1, 0.15) is 0 Å². The van der Waals surface area contributed by atoms with E-state index in [-0.39, 0.29) is 19.3 Å². The minimum absolute atomic E-state index is 0.00565. The molecule has 0 aliphatic carbocycles. The lowest BCUT2D eigenvalue weighted by molar-refractivity contribution is -0.135. The summed E-state index contributed by atoms with van der Waals surface area (Å²) in [5.41, 5.74) is 4.47. The molecule has 3 heteroatoms. The van der Waals surface area contributed by atoms with Crippen molar-refractivity contribution in [3.63, 3.8) is 0 Å². The average molecular weight is 177 g/mol. The molecule has 0 spiro atoms. The van der Waals surface area contributed by atoms with Crippen molar-refractivity contribution in [2.75, 3.05) is 13.2 Å². The Morgan fingerprint density at radius 2 is 2.00 bits per heavy atom. The zero-order valence-electron chi connectivity index (χ0n) is 8.27. The highest BCUT2D eigenvalue weighted by Gasteiger charge is 2.39. The lowest BCUT2D eigenvalue weighted by Crippen LogP contribution is -2.49. The maximum absolute atomic E-state index is 13.1. The Balaban J connectivity index is 0.000000561. The molecule has 1 aliphatic heterocycles. The van der Waals surface area contributed by atoms with Crippen molar-refractivity contribution >= 4 is 0 Å². The van der Waals surface area contributed by atoms with Crippen molar-refractivity contribution in [1.82, 2.24) is 0 Å². The summed E-state index contributed by atoms with van der Waals surface area (Å²) in [4.78, 5) is 0. The first-order chi connectivity index (χ1) is 5.66. The van der Waals surface area contributed by atoms with Crippen molar-refractivity contribution in [2.24, 2.45) is 5.73 Å². The monoisotopic (exact) mass is 177 g/mol. The predicted octanol–water partition coefficient (Wildman–Crippen LogP) is 1.88. The van der Waals surface area contributed by atoms with E-state index < -0.39 is 5.67 Å². The maximum Gasteiger partial charge on any atom is 0.158 e. The number of ether oxygens (including phenoxy) is 1. The molecular formula is C9H20FNO. The van der Waals surface area contributed by atoms with Gasteiger partial charge in [-0.25, -0.2) is 4.39 Å². The highest BCUT2D eigenvalue weighted by molar-refractivity contribution is 4.88. The number of alkyl halides is 1. The molecular weight excluding hydrogens is 157 g/mol. The standard InChI is InChI=1S/C7H14FNO.C2H6/c1-2-6(9)3-7(8)4-10-5-7;1-2/h6H,2-5,9H2,1H3;1-2H3. The molecule has 1 atom stereocenters. The van der Waals surface area contributed by atoms with Gasteiger partial charge in [-0.1, -0.05) is 20.8 Å². The summed E-state index contributed by atoms with van der Waals surface area (Å²) >= 11 is 0. The number of hydrogen-bond donors (Lipinski definition) is 1. The van der Waals surface area contributed by atoms with Crippen molar-refractivity contribution in [3.05, 3.63) is 0 Å². The van der Waals surface area contributed by atoms with E-state index in [0.29, 0.717) is 6.42 Å². The van der Waals surface area contributed by atoms with Gasteiger partial charge in [0.15, 0.2) is 5.67 Å². The summed E-state index contributed by atoms with van der Waals surface area (Å²) in [5.74, 6) is 0. The van der Waals surface area contributed by atoms with Gasteiger partial charge in [-0.2, -0.15) is 0 Å². The average Bonchev–Trinajstić information content (AvgIpc) is 2.05. The molecule has 0 saturated carbocycles. The van der Waals surface area contributed by atoms with Gasteiger partial charge in [0.05, 0.1) is 13.2 Å². The van der Waals surface area contributed by atoms with E-state index in [1.54, 1.807) is 0 Å². The van der Waals surface area contributed by atoms with E-state index in [0.717, 1.165) is 6.42 Å². The van der Waals surface area contributed by atoms with Crippen LogP contribution in [0.15, 0.2) is 0 Å². The van der Waals surface area contributed by atoms with Gasteiger partial charge in [0.2, 0.25) is 0 Å². The topological polar surface area (TPSA) is 35.2 Å². The molecule has 1 unspecified atom stereocenters. The normalized spacial score (nSPS) is 21.8. The van der Waals surface area contributed by atoms with E-state index >= 15 is 0 Å². The second kappa shape index (κ2) is 5.49. The van der Waals surface area contributed by atoms with Gasteiger partial charge in [0, 0.05) is 12.5 Å². The lowest BCUT2D eigenvalue weighted by Gasteiger charge is -2.35. The van der Waals surface area contributed by atoms with Crippen LogP contribution >= 0.6 is 0 Å². The van der Waals surface area contributed by atoms with E-state index in [4.69, 9.17) is 10.5 Å². The highest BCUT2D eigenvalue weighted by Crippen LogP contribution is 2.27. The van der Waals surface area contributed by atoms with Crippen LogP contribution in [-0.2, 0) is 4.74 Å². The Labute approximate surface area is 74.3 Å². The molecule has 12 heavy (non-hydrogen) atoms. The molecule has 1 fully saturated rings. The second-order valence-electron chi connectivity index (χ2n) is 3.02. The fraction of sp³-hybridized carbons (Fsp3) is 1.00. The molecule has 2 N–H and O–H groups in total. The Hall–Kier alpha value is -0.150. The molecule has 1 aliphatic rings. The molecule has 0 aromatic heterocycles. The Morgan fingerprint density at radius 1 is 1.50 bits per heavy atom. The number of hydrogen-bond acceptors (Lipinski definition) is 2. The van der Waals surface area contributed by atoms with Gasteiger partial charge >= 0.3 is 0 Å². The van der Waals surface area contributed by atoms with Crippen LogP contribution in [-0.4, -0.2) is 24.9 Å². The van der Waals surface area contributed by atoms with Gasteiger partial charge in [0.25, 0.3) is 0 Å². The molecule has 74 valence electrons. The minimum Gasteiger partial charge on any atom is -0.375 e. The van der Waals surface area contributed by atoms with E-state index in [1.807, 2.05) is 20.8 Å². The summed E-state index contributed by atoms with van der Waals surface area (Å²) in [5, 5.41) is 0. The minimum atomic E-state index is -1.10. The first-order valence-corrected chi connectivity index (χ1v) is 4.68. The van der Waals surface area contributed by atoms with Crippen LogP contribution in [0, 0.1) is 0 Å². The van der Waals surface area contributed by atoms with Crippen molar-refractivity contribution in [3.8, 4) is 0 Å². The maximum atomic E-state index is 13.1. The van der Waals surface area contributed by atoms with Crippen LogP contribution in [0.25, 0.3) is 0 Å². The summed E-state index contributed by atoms with van der Waals surface area (Å²) < 4.78 is 17.9. The van der Waals surface area contributed by atoms with E-state index in [9.17, 15) is 4.39 Å². The first kappa shape index (κ1) is 11.8. The Morgan fingerprint density at radius 3 is 2.25 bits per heavy atom. The lowest BCUT2D eigenvalue weighted by atomic mass is 9.94. The molecule has 1 rings (SSSR count). The SMILES string of the molecule is CC.CCC(N)CC1(F)COC1. The van der Waals surface area contributed by atoms with E-state index in [1.165, 1.54) is 0 Å². The van der Waals surface area contributed by atoms with Crippen molar-refractivity contribution < 1.29 is 9.13 Å². The zero-order chi connectivity index (χ0) is 9.61. The van der Waals surface area contributed by atoms with E-state index in [2.05, 4.69) is 0 Å². The molecule has 0 amide bonds. The Kier molecular flexibility index (Phi) is 5.42. The van der Waals surface area contributed by atoms with Crippen LogP contribution in [0.4, 0.5) is 4.39 Å². The third kappa shape index (κ3) is 3.50. The molecule has 0 radical (unpaired) electrons. The smallest absolute Gasteiger partial charge is 0.158 e. The van der Waals surface area contributed by atoms with Crippen molar-refractivity contribution in [1.29, 1.82) is 0 Å². The fourth-order valence-corrected chi connectivity index (χ4v) is 1.06. The molecule has 0 aromatic rings. The van der Waals surface area contributed by atoms with Crippen LogP contribution in [0.2, 0.25) is 0 Å². The predicted molar refractivity (Wildman–Crippen MR) is 48.9 cm³/mol. The molecule has 2 nitrogen and oxygen atoms in total. The molecule has 0 bridgehead atoms.